The van der Waals surface area contributed by atoms with Gasteiger partial charge in [-0.2, -0.15) is 0 Å². The van der Waals surface area contributed by atoms with Gasteiger partial charge in [-0.3, -0.25) is 0 Å². The standard InChI is InChI=1S/C10H16.C6H12/c1-3-9-7-5-6-8-10(9)4-2;1-3-5-6-4-2/h5-10H,3-4H2,1-2H3;5-6H,3-4H2,1-2H3/b;6-5+. The molecule has 0 nitrogen and oxygen atoms in total. The van der Waals surface area contributed by atoms with Crippen LogP contribution in [0.1, 0.15) is 53.4 Å². The van der Waals surface area contributed by atoms with Crippen molar-refractivity contribution in [1.82, 2.24) is 0 Å². The van der Waals surface area contributed by atoms with Crippen LogP contribution in [0.4, 0.5) is 0 Å². The van der Waals surface area contributed by atoms with E-state index in [-0.39, 0.29) is 0 Å². The summed E-state index contributed by atoms with van der Waals surface area (Å²) in [4.78, 5) is 0. The minimum Gasteiger partial charge on any atom is -0.0888 e. The minimum atomic E-state index is 0.801. The Kier molecular flexibility index (Phi) is 10.2. The van der Waals surface area contributed by atoms with Crippen LogP contribution in [0.3, 0.4) is 0 Å². The topological polar surface area (TPSA) is 0 Å². The Hall–Kier alpha value is -0.780. The molecule has 2 atom stereocenters. The van der Waals surface area contributed by atoms with Gasteiger partial charge in [0.1, 0.15) is 0 Å². The third-order valence-electron chi connectivity index (χ3n) is 2.96. The SMILES string of the molecule is CC/C=C/CC.CCC1C=CC=CC1CC. The molecular weight excluding hydrogens is 192 g/mol. The van der Waals surface area contributed by atoms with Gasteiger partial charge in [0, 0.05) is 0 Å². The zero-order valence-corrected chi connectivity index (χ0v) is 11.4. The molecule has 1 aliphatic carbocycles. The fourth-order valence-electron chi connectivity index (χ4n) is 1.91. The molecule has 2 unspecified atom stereocenters. The fraction of sp³-hybridized carbons (Fsp3) is 0.625. The lowest BCUT2D eigenvalue weighted by atomic mass is 9.85. The number of hydrogen-bond donors (Lipinski definition) is 0. The second-order valence-corrected chi connectivity index (χ2v) is 4.20. The molecule has 0 heteroatoms. The van der Waals surface area contributed by atoms with Crippen molar-refractivity contribution in [2.45, 2.75) is 53.4 Å². The summed E-state index contributed by atoms with van der Waals surface area (Å²) in [6, 6.07) is 0. The minimum absolute atomic E-state index is 0.801. The zero-order valence-electron chi connectivity index (χ0n) is 11.4. The van der Waals surface area contributed by atoms with E-state index < -0.39 is 0 Å². The summed E-state index contributed by atoms with van der Waals surface area (Å²) in [5.41, 5.74) is 0. The van der Waals surface area contributed by atoms with E-state index in [1.165, 1.54) is 25.7 Å². The van der Waals surface area contributed by atoms with Crippen molar-refractivity contribution < 1.29 is 0 Å². The van der Waals surface area contributed by atoms with Crippen molar-refractivity contribution in [1.29, 1.82) is 0 Å². The van der Waals surface area contributed by atoms with Crippen LogP contribution >= 0.6 is 0 Å². The van der Waals surface area contributed by atoms with Gasteiger partial charge in [-0.05, 0) is 37.5 Å². The summed E-state index contributed by atoms with van der Waals surface area (Å²) < 4.78 is 0. The Bertz CT molecular complexity index is 196. The van der Waals surface area contributed by atoms with Gasteiger partial charge in [0.2, 0.25) is 0 Å². The summed E-state index contributed by atoms with van der Waals surface area (Å²) in [5, 5.41) is 0. The second kappa shape index (κ2) is 10.7. The van der Waals surface area contributed by atoms with Crippen LogP contribution in [0.25, 0.3) is 0 Å². The van der Waals surface area contributed by atoms with Gasteiger partial charge in [0.25, 0.3) is 0 Å². The van der Waals surface area contributed by atoms with Crippen LogP contribution in [0, 0.1) is 11.8 Å². The van der Waals surface area contributed by atoms with Crippen molar-refractivity contribution in [2.75, 3.05) is 0 Å². The first kappa shape index (κ1) is 15.2. The molecule has 92 valence electrons. The molecule has 0 saturated carbocycles. The fourth-order valence-corrected chi connectivity index (χ4v) is 1.91. The van der Waals surface area contributed by atoms with E-state index in [1.54, 1.807) is 0 Å². The average molecular weight is 220 g/mol. The molecule has 0 aliphatic heterocycles. The molecule has 0 aromatic carbocycles. The van der Waals surface area contributed by atoms with Gasteiger partial charge < -0.3 is 0 Å². The maximum Gasteiger partial charge on any atom is -0.0170 e. The largest absolute Gasteiger partial charge is 0.0888 e. The van der Waals surface area contributed by atoms with Crippen LogP contribution < -0.4 is 0 Å². The van der Waals surface area contributed by atoms with Gasteiger partial charge in [-0.1, -0.05) is 64.2 Å². The van der Waals surface area contributed by atoms with Crippen molar-refractivity contribution in [3.8, 4) is 0 Å². The predicted molar refractivity (Wildman–Crippen MR) is 75.6 cm³/mol. The first-order valence-electron chi connectivity index (χ1n) is 6.79. The number of hydrogen-bond acceptors (Lipinski definition) is 0. The Labute approximate surface area is 102 Å². The Morgan fingerprint density at radius 2 is 1.12 bits per heavy atom. The molecule has 0 radical (unpaired) electrons. The van der Waals surface area contributed by atoms with Gasteiger partial charge in [0.15, 0.2) is 0 Å². The van der Waals surface area contributed by atoms with E-state index in [2.05, 4.69) is 64.2 Å². The van der Waals surface area contributed by atoms with Crippen LogP contribution in [0.15, 0.2) is 36.5 Å². The molecule has 0 aromatic heterocycles. The normalized spacial score (nSPS) is 23.2. The summed E-state index contributed by atoms with van der Waals surface area (Å²) in [6.07, 6.45) is 18.3. The smallest absolute Gasteiger partial charge is 0.0170 e. The van der Waals surface area contributed by atoms with Crippen LogP contribution in [-0.4, -0.2) is 0 Å². The number of allylic oxidation sites excluding steroid dienone is 6. The van der Waals surface area contributed by atoms with E-state index in [4.69, 9.17) is 0 Å². The summed E-state index contributed by atoms with van der Waals surface area (Å²) >= 11 is 0. The molecule has 0 saturated heterocycles. The molecular formula is C16H28. The maximum atomic E-state index is 2.33. The summed E-state index contributed by atoms with van der Waals surface area (Å²) in [6.45, 7) is 8.81. The summed E-state index contributed by atoms with van der Waals surface area (Å²) in [7, 11) is 0. The molecule has 0 N–H and O–H groups in total. The molecule has 1 rings (SSSR count). The van der Waals surface area contributed by atoms with E-state index in [0.29, 0.717) is 0 Å². The molecule has 1 aliphatic rings. The van der Waals surface area contributed by atoms with Gasteiger partial charge >= 0.3 is 0 Å². The summed E-state index contributed by atoms with van der Waals surface area (Å²) in [5.74, 6) is 1.60. The highest BCUT2D eigenvalue weighted by molar-refractivity contribution is 5.13. The zero-order chi connectivity index (χ0) is 12.2. The monoisotopic (exact) mass is 220 g/mol. The lowest BCUT2D eigenvalue weighted by molar-refractivity contribution is 0.445. The molecule has 0 spiro atoms. The highest BCUT2D eigenvalue weighted by Crippen LogP contribution is 2.24. The van der Waals surface area contributed by atoms with Crippen molar-refractivity contribution in [2.24, 2.45) is 11.8 Å². The van der Waals surface area contributed by atoms with Gasteiger partial charge in [-0.25, -0.2) is 0 Å². The highest BCUT2D eigenvalue weighted by Gasteiger charge is 2.13. The van der Waals surface area contributed by atoms with E-state index in [9.17, 15) is 0 Å². The molecule has 0 fully saturated rings. The lowest BCUT2D eigenvalue weighted by Crippen LogP contribution is -2.10. The second-order valence-electron chi connectivity index (χ2n) is 4.20. The Morgan fingerprint density at radius 1 is 0.750 bits per heavy atom. The Balaban J connectivity index is 0.000000325. The van der Waals surface area contributed by atoms with Crippen molar-refractivity contribution in [3.05, 3.63) is 36.5 Å². The molecule has 0 heterocycles. The molecule has 0 aromatic rings. The first-order valence-corrected chi connectivity index (χ1v) is 6.79. The van der Waals surface area contributed by atoms with E-state index in [1.807, 2.05) is 0 Å². The molecule has 16 heavy (non-hydrogen) atoms. The average Bonchev–Trinajstić information content (AvgIpc) is 2.36. The molecule has 0 amide bonds. The van der Waals surface area contributed by atoms with E-state index in [0.717, 1.165) is 11.8 Å². The van der Waals surface area contributed by atoms with E-state index >= 15 is 0 Å². The third kappa shape index (κ3) is 6.66. The van der Waals surface area contributed by atoms with Gasteiger partial charge in [-0.15, -0.1) is 0 Å². The number of rotatable bonds is 4. The highest BCUT2D eigenvalue weighted by atomic mass is 14.2. The van der Waals surface area contributed by atoms with Crippen molar-refractivity contribution in [3.63, 3.8) is 0 Å². The maximum absolute atomic E-state index is 2.33. The predicted octanol–water partition coefficient (Wildman–Crippen LogP) is 5.53. The first-order chi connectivity index (χ1) is 7.79. The van der Waals surface area contributed by atoms with Crippen LogP contribution in [0.2, 0.25) is 0 Å². The van der Waals surface area contributed by atoms with Gasteiger partial charge in [0.05, 0.1) is 0 Å². The third-order valence-corrected chi connectivity index (χ3v) is 2.96. The van der Waals surface area contributed by atoms with Crippen LogP contribution in [-0.2, 0) is 0 Å². The van der Waals surface area contributed by atoms with Crippen LogP contribution in [0.5, 0.6) is 0 Å². The van der Waals surface area contributed by atoms with Crippen molar-refractivity contribution >= 4 is 0 Å². The Morgan fingerprint density at radius 3 is 1.38 bits per heavy atom. The lowest BCUT2D eigenvalue weighted by Gasteiger charge is -2.20. The quantitative estimate of drug-likeness (QED) is 0.547. The molecule has 0 bridgehead atoms.